The molecule has 0 aliphatic heterocycles. The number of ether oxygens (including phenoxy) is 1. The number of halogens is 1. The lowest BCUT2D eigenvalue weighted by Gasteiger charge is -2.24. The van der Waals surface area contributed by atoms with Gasteiger partial charge in [0.15, 0.2) is 0 Å². The summed E-state index contributed by atoms with van der Waals surface area (Å²) >= 11 is 0. The number of hydrogen-bond acceptors (Lipinski definition) is 4. The van der Waals surface area contributed by atoms with E-state index in [1.165, 1.54) is 18.2 Å². The number of hydrogen-bond donors (Lipinski definition) is 3. The van der Waals surface area contributed by atoms with Gasteiger partial charge >= 0.3 is 6.09 Å². The first kappa shape index (κ1) is 18.1. The van der Waals surface area contributed by atoms with Crippen LogP contribution in [-0.4, -0.2) is 40.7 Å². The second-order valence-electron chi connectivity index (χ2n) is 5.84. The first-order valence-electron chi connectivity index (χ1n) is 6.93. The van der Waals surface area contributed by atoms with Crippen LogP contribution in [0, 0.1) is 5.82 Å². The Morgan fingerprint density at radius 2 is 1.95 bits per heavy atom. The highest BCUT2D eigenvalue weighted by atomic mass is 19.1. The molecular weight excluding hydrogens is 289 g/mol. The minimum atomic E-state index is -1.11. The van der Waals surface area contributed by atoms with Gasteiger partial charge < -0.3 is 20.3 Å². The zero-order chi connectivity index (χ0) is 16.8. The van der Waals surface area contributed by atoms with Gasteiger partial charge in [0.1, 0.15) is 11.4 Å². The van der Waals surface area contributed by atoms with Gasteiger partial charge in [-0.25, -0.2) is 9.18 Å². The zero-order valence-electron chi connectivity index (χ0n) is 12.9. The molecule has 0 spiro atoms. The van der Waals surface area contributed by atoms with E-state index in [9.17, 15) is 19.4 Å². The van der Waals surface area contributed by atoms with Gasteiger partial charge in [-0.1, -0.05) is 24.3 Å². The molecule has 22 heavy (non-hydrogen) atoms. The molecule has 5 nitrogen and oxygen atoms in total. The number of amides is 1. The molecule has 0 bridgehead atoms. The topological polar surface area (TPSA) is 78.8 Å². The highest BCUT2D eigenvalue weighted by molar-refractivity contribution is 5.68. The normalized spacial score (nSPS) is 14.6. The van der Waals surface area contributed by atoms with E-state index in [0.717, 1.165) is 0 Å². The maximum atomic E-state index is 12.8. The third-order valence-corrected chi connectivity index (χ3v) is 2.67. The van der Waals surface area contributed by atoms with Crippen LogP contribution >= 0.6 is 0 Å². The van der Waals surface area contributed by atoms with Crippen LogP contribution in [0.25, 0.3) is 6.08 Å². The van der Waals surface area contributed by atoms with Gasteiger partial charge in [0.2, 0.25) is 0 Å². The van der Waals surface area contributed by atoms with Gasteiger partial charge in [0, 0.05) is 0 Å². The van der Waals surface area contributed by atoms with Crippen LogP contribution in [-0.2, 0) is 4.74 Å². The summed E-state index contributed by atoms with van der Waals surface area (Å²) in [5.41, 5.74) is 0.0216. The second-order valence-corrected chi connectivity index (χ2v) is 5.84. The molecular formula is C16H22FNO4. The van der Waals surface area contributed by atoms with E-state index >= 15 is 0 Å². The fourth-order valence-electron chi connectivity index (χ4n) is 1.62. The first-order chi connectivity index (χ1) is 10.2. The van der Waals surface area contributed by atoms with Crippen LogP contribution in [0.4, 0.5) is 9.18 Å². The van der Waals surface area contributed by atoms with Crippen molar-refractivity contribution >= 4 is 12.2 Å². The quantitative estimate of drug-likeness (QED) is 0.778. The number of aliphatic hydroxyl groups excluding tert-OH is 2. The van der Waals surface area contributed by atoms with Crippen molar-refractivity contribution in [3.05, 3.63) is 41.7 Å². The van der Waals surface area contributed by atoms with E-state index in [-0.39, 0.29) is 5.82 Å². The van der Waals surface area contributed by atoms with E-state index in [2.05, 4.69) is 5.32 Å². The molecule has 2 atom stereocenters. The molecule has 1 aromatic carbocycles. The lowest BCUT2D eigenvalue weighted by atomic mass is 10.1. The molecule has 0 saturated carbocycles. The highest BCUT2D eigenvalue weighted by Crippen LogP contribution is 2.09. The van der Waals surface area contributed by atoms with Crippen LogP contribution in [0.5, 0.6) is 0 Å². The summed E-state index contributed by atoms with van der Waals surface area (Å²) < 4.78 is 17.8. The summed E-state index contributed by atoms with van der Waals surface area (Å²) in [7, 11) is 0. The molecule has 0 unspecified atom stereocenters. The van der Waals surface area contributed by atoms with E-state index < -0.39 is 30.4 Å². The van der Waals surface area contributed by atoms with Crippen molar-refractivity contribution in [1.82, 2.24) is 5.32 Å². The van der Waals surface area contributed by atoms with E-state index in [0.29, 0.717) is 5.56 Å². The number of carbonyl (C=O) groups excluding carboxylic acids is 1. The summed E-state index contributed by atoms with van der Waals surface area (Å²) in [5, 5.41) is 21.6. The van der Waals surface area contributed by atoms with Crippen molar-refractivity contribution < 1.29 is 24.1 Å². The van der Waals surface area contributed by atoms with Gasteiger partial charge in [-0.2, -0.15) is 0 Å². The smallest absolute Gasteiger partial charge is 0.408 e. The molecule has 1 amide bonds. The Hall–Kier alpha value is -1.92. The van der Waals surface area contributed by atoms with Gasteiger partial charge in [-0.05, 0) is 38.5 Å². The standard InChI is InChI=1S/C16H22FNO4/c1-16(2,3)22-15(21)18-13(10-19)14(20)9-6-11-4-7-12(17)8-5-11/h4-9,13-14,19-20H,10H2,1-3H3,(H,18,21)/b9-6+/t13-,14+/m0/s1. The monoisotopic (exact) mass is 311 g/mol. The number of carbonyl (C=O) groups is 1. The lowest BCUT2D eigenvalue weighted by Crippen LogP contribution is -2.46. The second kappa shape index (κ2) is 7.91. The van der Waals surface area contributed by atoms with Gasteiger partial charge in [0.05, 0.1) is 18.8 Å². The Bertz CT molecular complexity index is 508. The maximum absolute atomic E-state index is 12.8. The highest BCUT2D eigenvalue weighted by Gasteiger charge is 2.22. The van der Waals surface area contributed by atoms with Gasteiger partial charge in [-0.3, -0.25) is 0 Å². The molecule has 0 fully saturated rings. The van der Waals surface area contributed by atoms with Crippen molar-refractivity contribution in [2.75, 3.05) is 6.61 Å². The Morgan fingerprint density at radius 1 is 1.36 bits per heavy atom. The number of alkyl carbamates (subject to hydrolysis) is 1. The first-order valence-corrected chi connectivity index (χ1v) is 6.93. The third kappa shape index (κ3) is 6.69. The molecule has 0 aliphatic carbocycles. The van der Waals surface area contributed by atoms with E-state index in [1.807, 2.05) is 0 Å². The average Bonchev–Trinajstić information content (AvgIpc) is 2.42. The summed E-state index contributed by atoms with van der Waals surface area (Å²) in [6.07, 6.45) is 1.15. The van der Waals surface area contributed by atoms with Crippen LogP contribution < -0.4 is 5.32 Å². The maximum Gasteiger partial charge on any atom is 0.408 e. The molecule has 3 N–H and O–H groups in total. The fraction of sp³-hybridized carbons (Fsp3) is 0.438. The van der Waals surface area contributed by atoms with E-state index in [1.54, 1.807) is 39.0 Å². The van der Waals surface area contributed by atoms with Crippen LogP contribution in [0.2, 0.25) is 0 Å². The van der Waals surface area contributed by atoms with Crippen molar-refractivity contribution in [1.29, 1.82) is 0 Å². The number of rotatable bonds is 5. The minimum absolute atomic E-state index is 0.350. The molecule has 0 aliphatic rings. The number of benzene rings is 1. The summed E-state index contributed by atoms with van der Waals surface area (Å²) in [6.45, 7) is 4.69. The molecule has 1 rings (SSSR count). The van der Waals surface area contributed by atoms with Crippen LogP contribution in [0.3, 0.4) is 0 Å². The number of nitrogens with one attached hydrogen (secondary N) is 1. The zero-order valence-corrected chi connectivity index (χ0v) is 12.9. The molecule has 122 valence electrons. The molecule has 1 aromatic rings. The Kier molecular flexibility index (Phi) is 6.52. The van der Waals surface area contributed by atoms with Crippen molar-refractivity contribution in [3.8, 4) is 0 Å². The Labute approximate surface area is 129 Å². The summed E-state index contributed by atoms with van der Waals surface area (Å²) in [4.78, 5) is 11.6. The SMILES string of the molecule is CC(C)(C)OC(=O)N[C@@H](CO)[C@H](O)/C=C/c1ccc(F)cc1. The van der Waals surface area contributed by atoms with Gasteiger partial charge in [0.25, 0.3) is 0 Å². The lowest BCUT2D eigenvalue weighted by molar-refractivity contribution is 0.0406. The Morgan fingerprint density at radius 3 is 2.45 bits per heavy atom. The molecule has 6 heteroatoms. The predicted octanol–water partition coefficient (Wildman–Crippen LogP) is 2.09. The molecule has 0 saturated heterocycles. The fourth-order valence-corrected chi connectivity index (χ4v) is 1.62. The van der Waals surface area contributed by atoms with Crippen molar-refractivity contribution in [3.63, 3.8) is 0 Å². The molecule has 0 radical (unpaired) electrons. The average molecular weight is 311 g/mol. The van der Waals surface area contributed by atoms with E-state index in [4.69, 9.17) is 4.74 Å². The van der Waals surface area contributed by atoms with Crippen LogP contribution in [0.15, 0.2) is 30.3 Å². The molecule has 0 aromatic heterocycles. The summed E-state index contributed by atoms with van der Waals surface area (Å²) in [6, 6.07) is 4.80. The van der Waals surface area contributed by atoms with Gasteiger partial charge in [-0.15, -0.1) is 0 Å². The van der Waals surface area contributed by atoms with Crippen molar-refractivity contribution in [2.24, 2.45) is 0 Å². The predicted molar refractivity (Wildman–Crippen MR) is 81.7 cm³/mol. The Balaban J connectivity index is 2.62. The van der Waals surface area contributed by atoms with Crippen molar-refractivity contribution in [2.45, 2.75) is 38.5 Å². The largest absolute Gasteiger partial charge is 0.444 e. The number of aliphatic hydroxyl groups is 2. The third-order valence-electron chi connectivity index (χ3n) is 2.67. The molecule has 0 heterocycles. The van der Waals surface area contributed by atoms with Crippen LogP contribution in [0.1, 0.15) is 26.3 Å². The minimum Gasteiger partial charge on any atom is -0.444 e. The summed E-state index contributed by atoms with van der Waals surface area (Å²) in [5.74, 6) is -0.350.